The first-order chi connectivity index (χ1) is 9.66. The molecule has 110 valence electrons. The van der Waals surface area contributed by atoms with E-state index in [0.717, 1.165) is 24.8 Å². The molecule has 5 heteroatoms. The Labute approximate surface area is 119 Å². The Morgan fingerprint density at radius 2 is 2.35 bits per heavy atom. The van der Waals surface area contributed by atoms with Crippen molar-refractivity contribution < 1.29 is 9.90 Å². The summed E-state index contributed by atoms with van der Waals surface area (Å²) in [6.07, 6.45) is 9.29. The second-order valence-corrected chi connectivity index (χ2v) is 5.79. The van der Waals surface area contributed by atoms with Crippen LogP contribution in [0.4, 0.5) is 0 Å². The fraction of sp³-hybridized carbons (Fsp3) is 0.667. The lowest BCUT2D eigenvalue weighted by molar-refractivity contribution is 0.0694. The van der Waals surface area contributed by atoms with Crippen LogP contribution < -0.4 is 5.32 Å². The van der Waals surface area contributed by atoms with E-state index in [9.17, 15) is 4.79 Å². The maximum Gasteiger partial charge on any atom is 0.339 e. The molecular formula is C15H23N3O2. The van der Waals surface area contributed by atoms with Gasteiger partial charge in [-0.1, -0.05) is 26.2 Å². The fourth-order valence-electron chi connectivity index (χ4n) is 3.01. The first kappa shape index (κ1) is 14.9. The van der Waals surface area contributed by atoms with Crippen molar-refractivity contribution >= 4 is 5.97 Å². The van der Waals surface area contributed by atoms with E-state index in [1.807, 2.05) is 0 Å². The van der Waals surface area contributed by atoms with Crippen LogP contribution in [0.3, 0.4) is 0 Å². The molecule has 0 bridgehead atoms. The zero-order valence-corrected chi connectivity index (χ0v) is 12.0. The van der Waals surface area contributed by atoms with Crippen molar-refractivity contribution in [3.05, 3.63) is 23.8 Å². The third-order valence-electron chi connectivity index (χ3n) is 4.09. The van der Waals surface area contributed by atoms with Gasteiger partial charge in [-0.2, -0.15) is 0 Å². The van der Waals surface area contributed by atoms with Crippen LogP contribution >= 0.6 is 0 Å². The Hall–Kier alpha value is -1.49. The molecule has 20 heavy (non-hydrogen) atoms. The maximum absolute atomic E-state index is 11.0. The van der Waals surface area contributed by atoms with Crippen LogP contribution in [0.5, 0.6) is 0 Å². The van der Waals surface area contributed by atoms with Gasteiger partial charge in [0.2, 0.25) is 0 Å². The molecule has 0 amide bonds. The number of nitrogens with zero attached hydrogens (tertiary/aromatic N) is 2. The molecular weight excluding hydrogens is 254 g/mol. The van der Waals surface area contributed by atoms with Crippen LogP contribution in [0.25, 0.3) is 0 Å². The number of aromatic carboxylic acids is 1. The van der Waals surface area contributed by atoms with E-state index in [1.165, 1.54) is 38.2 Å². The predicted octanol–water partition coefficient (Wildman–Crippen LogP) is 2.48. The summed E-state index contributed by atoms with van der Waals surface area (Å²) in [6, 6.07) is 0. The average molecular weight is 277 g/mol. The molecule has 2 unspecified atom stereocenters. The first-order valence-corrected chi connectivity index (χ1v) is 7.39. The second kappa shape index (κ2) is 7.33. The van der Waals surface area contributed by atoms with Crippen LogP contribution in [-0.2, 0) is 6.54 Å². The number of carboxylic acids is 1. The number of carbonyl (C=O) groups is 1. The predicted molar refractivity (Wildman–Crippen MR) is 76.4 cm³/mol. The molecule has 0 spiro atoms. The standard InChI is InChI=1S/C15H23N3O2/c1-11-3-2-4-12(7-11)5-6-16-9-14-13(15(19)20)8-17-10-18-14/h8,10-12,16H,2-7,9H2,1H3,(H,19,20). The molecule has 2 atom stereocenters. The van der Waals surface area contributed by atoms with Gasteiger partial charge in [0.15, 0.2) is 0 Å². The Kier molecular flexibility index (Phi) is 5.47. The Balaban J connectivity index is 1.74. The van der Waals surface area contributed by atoms with E-state index >= 15 is 0 Å². The van der Waals surface area contributed by atoms with E-state index in [2.05, 4.69) is 22.2 Å². The van der Waals surface area contributed by atoms with Crippen LogP contribution in [0, 0.1) is 11.8 Å². The van der Waals surface area contributed by atoms with E-state index < -0.39 is 5.97 Å². The summed E-state index contributed by atoms with van der Waals surface area (Å²) in [7, 11) is 0. The molecule has 2 N–H and O–H groups in total. The molecule has 5 nitrogen and oxygen atoms in total. The van der Waals surface area contributed by atoms with Gasteiger partial charge >= 0.3 is 5.97 Å². The van der Waals surface area contributed by atoms with E-state index in [4.69, 9.17) is 5.11 Å². The van der Waals surface area contributed by atoms with E-state index in [-0.39, 0.29) is 5.56 Å². The van der Waals surface area contributed by atoms with Crippen LogP contribution in [-0.4, -0.2) is 27.6 Å². The molecule has 1 aromatic heterocycles. The lowest BCUT2D eigenvalue weighted by Gasteiger charge is -2.26. The average Bonchev–Trinajstić information content (AvgIpc) is 2.44. The number of carboxylic acid groups (broad SMARTS) is 1. The summed E-state index contributed by atoms with van der Waals surface area (Å²) in [6.45, 7) is 3.74. The third-order valence-corrected chi connectivity index (χ3v) is 4.09. The minimum Gasteiger partial charge on any atom is -0.478 e. The highest BCUT2D eigenvalue weighted by Crippen LogP contribution is 2.30. The topological polar surface area (TPSA) is 75.1 Å². The highest BCUT2D eigenvalue weighted by Gasteiger charge is 2.18. The van der Waals surface area contributed by atoms with Gasteiger partial charge in [0.05, 0.1) is 5.69 Å². The highest BCUT2D eigenvalue weighted by atomic mass is 16.4. The van der Waals surface area contributed by atoms with Crippen molar-refractivity contribution in [2.45, 2.75) is 45.6 Å². The lowest BCUT2D eigenvalue weighted by atomic mass is 9.81. The van der Waals surface area contributed by atoms with Crippen LogP contribution in [0.15, 0.2) is 12.5 Å². The zero-order chi connectivity index (χ0) is 14.4. The molecule has 1 saturated carbocycles. The van der Waals surface area contributed by atoms with Crippen molar-refractivity contribution in [2.24, 2.45) is 11.8 Å². The third kappa shape index (κ3) is 4.27. The summed E-state index contributed by atoms with van der Waals surface area (Å²) in [5.74, 6) is 0.702. The molecule has 1 heterocycles. The van der Waals surface area contributed by atoms with Crippen molar-refractivity contribution in [1.82, 2.24) is 15.3 Å². The van der Waals surface area contributed by atoms with Crippen molar-refractivity contribution in [3.63, 3.8) is 0 Å². The summed E-state index contributed by atoms with van der Waals surface area (Å²) >= 11 is 0. The molecule has 0 aromatic carbocycles. The fourth-order valence-corrected chi connectivity index (χ4v) is 3.01. The van der Waals surface area contributed by atoms with Gasteiger partial charge in [-0.15, -0.1) is 0 Å². The molecule has 1 aromatic rings. The molecule has 0 saturated heterocycles. The van der Waals surface area contributed by atoms with Crippen molar-refractivity contribution in [1.29, 1.82) is 0 Å². The molecule has 1 fully saturated rings. The van der Waals surface area contributed by atoms with Gasteiger partial charge in [0.1, 0.15) is 11.9 Å². The van der Waals surface area contributed by atoms with Gasteiger partial charge in [0.25, 0.3) is 0 Å². The Morgan fingerprint density at radius 3 is 3.10 bits per heavy atom. The van der Waals surface area contributed by atoms with Crippen molar-refractivity contribution in [2.75, 3.05) is 6.54 Å². The number of aromatic nitrogens is 2. The van der Waals surface area contributed by atoms with E-state index in [0.29, 0.717) is 12.2 Å². The van der Waals surface area contributed by atoms with Gasteiger partial charge in [-0.3, -0.25) is 0 Å². The minimum atomic E-state index is -0.969. The molecule has 1 aliphatic carbocycles. The second-order valence-electron chi connectivity index (χ2n) is 5.79. The Morgan fingerprint density at radius 1 is 1.50 bits per heavy atom. The number of hydrogen-bond donors (Lipinski definition) is 2. The molecule has 2 rings (SSSR count). The van der Waals surface area contributed by atoms with Gasteiger partial charge in [-0.05, 0) is 31.2 Å². The van der Waals surface area contributed by atoms with E-state index in [1.54, 1.807) is 0 Å². The van der Waals surface area contributed by atoms with Crippen LogP contribution in [0.1, 0.15) is 55.1 Å². The van der Waals surface area contributed by atoms with Crippen molar-refractivity contribution in [3.8, 4) is 0 Å². The summed E-state index contributed by atoms with van der Waals surface area (Å²) < 4.78 is 0. The summed E-state index contributed by atoms with van der Waals surface area (Å²) in [5.41, 5.74) is 0.746. The summed E-state index contributed by atoms with van der Waals surface area (Å²) in [4.78, 5) is 18.8. The number of nitrogens with one attached hydrogen (secondary N) is 1. The first-order valence-electron chi connectivity index (χ1n) is 7.39. The monoisotopic (exact) mass is 277 g/mol. The molecule has 0 radical (unpaired) electrons. The van der Waals surface area contributed by atoms with Crippen LogP contribution in [0.2, 0.25) is 0 Å². The SMILES string of the molecule is CC1CCCC(CCNCc2ncncc2C(=O)O)C1. The van der Waals surface area contributed by atoms with Gasteiger partial charge < -0.3 is 10.4 Å². The highest BCUT2D eigenvalue weighted by molar-refractivity contribution is 5.88. The normalized spacial score (nSPS) is 22.6. The van der Waals surface area contributed by atoms with Gasteiger partial charge in [-0.25, -0.2) is 14.8 Å². The zero-order valence-electron chi connectivity index (χ0n) is 12.0. The summed E-state index contributed by atoms with van der Waals surface area (Å²) in [5, 5.41) is 12.4. The minimum absolute atomic E-state index is 0.186. The smallest absolute Gasteiger partial charge is 0.339 e. The Bertz CT molecular complexity index is 450. The number of hydrogen-bond acceptors (Lipinski definition) is 4. The van der Waals surface area contributed by atoms with Gasteiger partial charge in [0, 0.05) is 12.7 Å². The largest absolute Gasteiger partial charge is 0.478 e. The quantitative estimate of drug-likeness (QED) is 0.781. The molecule has 0 aliphatic heterocycles. The molecule has 1 aliphatic rings. The maximum atomic E-state index is 11.0. The number of rotatable bonds is 6. The lowest BCUT2D eigenvalue weighted by Crippen LogP contribution is -2.22.